The summed E-state index contributed by atoms with van der Waals surface area (Å²) in [5.41, 5.74) is 6.80. The molecule has 1 aliphatic carbocycles. The van der Waals surface area contributed by atoms with Crippen molar-refractivity contribution >= 4 is 0 Å². The van der Waals surface area contributed by atoms with Gasteiger partial charge in [0.15, 0.2) is 0 Å². The molecule has 0 aromatic rings. The summed E-state index contributed by atoms with van der Waals surface area (Å²) in [5, 5.41) is 0. The van der Waals surface area contributed by atoms with Gasteiger partial charge in [-0.15, -0.1) is 0 Å². The van der Waals surface area contributed by atoms with E-state index in [1.807, 2.05) is 0 Å². The predicted octanol–water partition coefficient (Wildman–Crippen LogP) is 2.25. The van der Waals surface area contributed by atoms with Gasteiger partial charge in [0.2, 0.25) is 0 Å². The van der Waals surface area contributed by atoms with E-state index in [1.165, 1.54) is 38.6 Å². The van der Waals surface area contributed by atoms with Crippen molar-refractivity contribution in [3.63, 3.8) is 0 Å². The second-order valence-electron chi connectivity index (χ2n) is 7.13. The summed E-state index contributed by atoms with van der Waals surface area (Å²) >= 11 is 0. The molecule has 18 heavy (non-hydrogen) atoms. The zero-order valence-electron chi connectivity index (χ0n) is 12.3. The van der Waals surface area contributed by atoms with Gasteiger partial charge in [-0.3, -0.25) is 0 Å². The molecule has 2 rings (SSSR count). The molecule has 1 saturated carbocycles. The summed E-state index contributed by atoms with van der Waals surface area (Å²) < 4.78 is 5.44. The number of likely N-dealkylation sites (N-methyl/N-ethyl adjacent to an activating group) is 1. The Balaban J connectivity index is 1.87. The molecule has 2 unspecified atom stereocenters. The van der Waals surface area contributed by atoms with Crippen molar-refractivity contribution in [3.8, 4) is 0 Å². The number of rotatable bonds is 3. The fourth-order valence-corrected chi connectivity index (χ4v) is 3.52. The van der Waals surface area contributed by atoms with Gasteiger partial charge < -0.3 is 15.4 Å². The Morgan fingerprint density at radius 3 is 2.56 bits per heavy atom. The highest BCUT2D eigenvalue weighted by atomic mass is 16.5. The molecule has 0 radical (unpaired) electrons. The Morgan fingerprint density at radius 2 is 1.89 bits per heavy atom. The fraction of sp³-hybridized carbons (Fsp3) is 1.00. The molecule has 2 N–H and O–H groups in total. The number of hydrogen-bond donors (Lipinski definition) is 1. The average Bonchev–Trinajstić information content (AvgIpc) is 2.33. The van der Waals surface area contributed by atoms with Gasteiger partial charge in [-0.05, 0) is 50.5 Å². The van der Waals surface area contributed by atoms with E-state index in [4.69, 9.17) is 10.5 Å². The molecule has 0 amide bonds. The van der Waals surface area contributed by atoms with Crippen LogP contribution in [0.15, 0.2) is 0 Å². The van der Waals surface area contributed by atoms with Crippen LogP contribution in [0.1, 0.15) is 46.0 Å². The van der Waals surface area contributed by atoms with Crippen LogP contribution in [-0.2, 0) is 4.74 Å². The smallest absolute Gasteiger partial charge is 0.0469 e. The van der Waals surface area contributed by atoms with Crippen molar-refractivity contribution in [2.45, 2.75) is 58.0 Å². The summed E-state index contributed by atoms with van der Waals surface area (Å²) in [6.07, 6.45) is 6.13. The van der Waals surface area contributed by atoms with Gasteiger partial charge in [-0.25, -0.2) is 0 Å². The van der Waals surface area contributed by atoms with Crippen molar-refractivity contribution in [3.05, 3.63) is 0 Å². The van der Waals surface area contributed by atoms with Crippen LogP contribution in [0.4, 0.5) is 0 Å². The molecular formula is C15H30N2O. The van der Waals surface area contributed by atoms with E-state index < -0.39 is 0 Å². The maximum absolute atomic E-state index is 6.34. The molecule has 0 bridgehead atoms. The zero-order chi connectivity index (χ0) is 13.2. The quantitative estimate of drug-likeness (QED) is 0.839. The molecule has 3 heteroatoms. The van der Waals surface area contributed by atoms with E-state index in [9.17, 15) is 0 Å². The number of nitrogens with two attached hydrogens (primary N) is 1. The molecular weight excluding hydrogens is 224 g/mol. The lowest BCUT2D eigenvalue weighted by atomic mass is 9.72. The number of nitrogens with zero attached hydrogens (tertiary/aromatic N) is 1. The highest BCUT2D eigenvalue weighted by molar-refractivity contribution is 4.92. The third-order valence-electron chi connectivity index (χ3n) is 4.86. The highest BCUT2D eigenvalue weighted by Crippen LogP contribution is 2.36. The molecule has 1 saturated heterocycles. The lowest BCUT2D eigenvalue weighted by Gasteiger charge is -2.44. The molecule has 2 fully saturated rings. The van der Waals surface area contributed by atoms with Crippen LogP contribution in [0.2, 0.25) is 0 Å². The van der Waals surface area contributed by atoms with Crippen molar-refractivity contribution in [2.24, 2.45) is 17.1 Å². The van der Waals surface area contributed by atoms with Crippen LogP contribution in [0, 0.1) is 11.3 Å². The molecule has 3 nitrogen and oxygen atoms in total. The Kier molecular flexibility index (Phi) is 4.68. The zero-order valence-corrected chi connectivity index (χ0v) is 12.3. The number of hydrogen-bond acceptors (Lipinski definition) is 3. The largest absolute Gasteiger partial charge is 0.381 e. The van der Waals surface area contributed by atoms with E-state index in [0.29, 0.717) is 17.5 Å². The SMILES string of the molecule is CN(CC1CCOCC1)C1CC(C)(C)CCC1N. The summed E-state index contributed by atoms with van der Waals surface area (Å²) in [5.74, 6) is 0.806. The van der Waals surface area contributed by atoms with E-state index in [-0.39, 0.29) is 0 Å². The topological polar surface area (TPSA) is 38.5 Å². The minimum atomic E-state index is 0.364. The third-order valence-corrected chi connectivity index (χ3v) is 4.86. The van der Waals surface area contributed by atoms with E-state index in [0.717, 1.165) is 19.1 Å². The van der Waals surface area contributed by atoms with Gasteiger partial charge in [0.25, 0.3) is 0 Å². The standard InChI is InChI=1S/C15H30N2O/c1-15(2)7-4-13(16)14(10-15)17(3)11-12-5-8-18-9-6-12/h12-14H,4-11,16H2,1-3H3. The lowest BCUT2D eigenvalue weighted by Crippen LogP contribution is -2.52. The molecule has 0 spiro atoms. The van der Waals surface area contributed by atoms with E-state index in [2.05, 4.69) is 25.8 Å². The van der Waals surface area contributed by atoms with E-state index >= 15 is 0 Å². The van der Waals surface area contributed by atoms with Gasteiger partial charge in [0.1, 0.15) is 0 Å². The molecule has 1 heterocycles. The van der Waals surface area contributed by atoms with Crippen molar-refractivity contribution < 1.29 is 4.74 Å². The maximum Gasteiger partial charge on any atom is 0.0469 e. The van der Waals surface area contributed by atoms with Crippen LogP contribution in [0.25, 0.3) is 0 Å². The van der Waals surface area contributed by atoms with Crippen molar-refractivity contribution in [1.82, 2.24) is 4.90 Å². The first-order valence-electron chi connectivity index (χ1n) is 7.51. The minimum Gasteiger partial charge on any atom is -0.381 e. The van der Waals surface area contributed by atoms with Crippen LogP contribution < -0.4 is 5.73 Å². The Labute approximate surface area is 112 Å². The van der Waals surface area contributed by atoms with Gasteiger partial charge in [0.05, 0.1) is 0 Å². The molecule has 2 atom stereocenters. The Bertz CT molecular complexity index is 261. The van der Waals surface area contributed by atoms with Crippen LogP contribution >= 0.6 is 0 Å². The van der Waals surface area contributed by atoms with Crippen LogP contribution in [-0.4, -0.2) is 43.8 Å². The Morgan fingerprint density at radius 1 is 1.22 bits per heavy atom. The van der Waals surface area contributed by atoms with Crippen molar-refractivity contribution in [2.75, 3.05) is 26.8 Å². The molecule has 1 aliphatic heterocycles. The lowest BCUT2D eigenvalue weighted by molar-refractivity contribution is 0.0349. The fourth-order valence-electron chi connectivity index (χ4n) is 3.52. The molecule has 0 aromatic heterocycles. The number of ether oxygens (including phenoxy) is 1. The van der Waals surface area contributed by atoms with E-state index in [1.54, 1.807) is 0 Å². The van der Waals surface area contributed by atoms with Gasteiger partial charge in [-0.1, -0.05) is 13.8 Å². The van der Waals surface area contributed by atoms with Gasteiger partial charge in [0, 0.05) is 31.8 Å². The first-order valence-corrected chi connectivity index (χ1v) is 7.51. The maximum atomic E-state index is 6.34. The molecule has 106 valence electrons. The monoisotopic (exact) mass is 254 g/mol. The van der Waals surface area contributed by atoms with Gasteiger partial charge >= 0.3 is 0 Å². The van der Waals surface area contributed by atoms with Gasteiger partial charge in [-0.2, -0.15) is 0 Å². The minimum absolute atomic E-state index is 0.364. The summed E-state index contributed by atoms with van der Waals surface area (Å²) in [4.78, 5) is 2.53. The summed E-state index contributed by atoms with van der Waals surface area (Å²) in [6.45, 7) is 7.85. The second-order valence-corrected chi connectivity index (χ2v) is 7.13. The highest BCUT2D eigenvalue weighted by Gasteiger charge is 2.35. The summed E-state index contributed by atoms with van der Waals surface area (Å²) in [7, 11) is 2.27. The second kappa shape index (κ2) is 5.89. The van der Waals surface area contributed by atoms with Crippen molar-refractivity contribution in [1.29, 1.82) is 0 Å². The normalized spacial score (nSPS) is 33.8. The van der Waals surface area contributed by atoms with Crippen LogP contribution in [0.5, 0.6) is 0 Å². The predicted molar refractivity (Wildman–Crippen MR) is 75.6 cm³/mol. The third kappa shape index (κ3) is 3.69. The summed E-state index contributed by atoms with van der Waals surface area (Å²) in [6, 6.07) is 0.930. The first-order chi connectivity index (χ1) is 8.48. The first kappa shape index (κ1) is 14.3. The molecule has 2 aliphatic rings. The molecule has 0 aromatic carbocycles. The average molecular weight is 254 g/mol. The Hall–Kier alpha value is -0.120. The van der Waals surface area contributed by atoms with Crippen LogP contribution in [0.3, 0.4) is 0 Å².